The fourth-order valence-corrected chi connectivity index (χ4v) is 3.82. The third-order valence-corrected chi connectivity index (χ3v) is 5.47. The molecule has 2 nitrogen and oxygen atoms in total. The van der Waals surface area contributed by atoms with Crippen LogP contribution < -0.4 is 5.32 Å². The maximum absolute atomic E-state index is 12.6. The minimum atomic E-state index is 0.248. The van der Waals surface area contributed by atoms with E-state index in [1.165, 1.54) is 38.5 Å². The highest BCUT2D eigenvalue weighted by molar-refractivity contribution is 5.79. The van der Waals surface area contributed by atoms with Crippen molar-refractivity contribution < 1.29 is 4.79 Å². The highest BCUT2D eigenvalue weighted by Gasteiger charge is 2.35. The van der Waals surface area contributed by atoms with Crippen molar-refractivity contribution in [3.63, 3.8) is 0 Å². The number of hydrogen-bond acceptors (Lipinski definition) is 1. The summed E-state index contributed by atoms with van der Waals surface area (Å²) < 4.78 is 0. The lowest BCUT2D eigenvalue weighted by Crippen LogP contribution is -2.41. The van der Waals surface area contributed by atoms with Crippen molar-refractivity contribution in [3.05, 3.63) is 0 Å². The third-order valence-electron chi connectivity index (χ3n) is 5.47. The Bertz CT molecular complexity index is 300. The van der Waals surface area contributed by atoms with E-state index in [1.807, 2.05) is 0 Å². The van der Waals surface area contributed by atoms with Gasteiger partial charge in [-0.05, 0) is 42.9 Å². The molecular formula is C19H37NO. The van der Waals surface area contributed by atoms with Gasteiger partial charge in [-0.3, -0.25) is 4.79 Å². The molecule has 1 saturated carbocycles. The average Bonchev–Trinajstić information content (AvgIpc) is 2.46. The number of carbonyl (C=O) groups excluding carboxylic acids is 1. The van der Waals surface area contributed by atoms with E-state index in [-0.39, 0.29) is 5.92 Å². The molecule has 1 N–H and O–H groups in total. The van der Waals surface area contributed by atoms with Gasteiger partial charge < -0.3 is 5.32 Å². The zero-order chi connectivity index (χ0) is 15.8. The zero-order valence-corrected chi connectivity index (χ0v) is 15.0. The maximum Gasteiger partial charge on any atom is 0.223 e. The normalized spacial score (nSPS) is 27.6. The van der Waals surface area contributed by atoms with Crippen LogP contribution in [-0.4, -0.2) is 12.5 Å². The Balaban J connectivity index is 2.50. The van der Waals surface area contributed by atoms with Crippen molar-refractivity contribution in [1.29, 1.82) is 0 Å². The van der Waals surface area contributed by atoms with Crippen LogP contribution in [0.25, 0.3) is 0 Å². The summed E-state index contributed by atoms with van der Waals surface area (Å²) in [6, 6.07) is 0. The highest BCUT2D eigenvalue weighted by atomic mass is 16.1. The summed E-state index contributed by atoms with van der Waals surface area (Å²) in [4.78, 5) is 12.6. The summed E-state index contributed by atoms with van der Waals surface area (Å²) in [6.07, 6.45) is 8.56. The van der Waals surface area contributed by atoms with Crippen molar-refractivity contribution in [2.75, 3.05) is 6.54 Å². The summed E-state index contributed by atoms with van der Waals surface area (Å²) in [5, 5.41) is 3.28. The summed E-state index contributed by atoms with van der Waals surface area (Å²) in [5.74, 6) is 3.14. The monoisotopic (exact) mass is 295 g/mol. The van der Waals surface area contributed by atoms with Gasteiger partial charge in [-0.1, -0.05) is 60.3 Å². The predicted molar refractivity (Wildman–Crippen MR) is 91.1 cm³/mol. The molecule has 0 heterocycles. The van der Waals surface area contributed by atoms with Crippen molar-refractivity contribution in [2.45, 2.75) is 79.6 Å². The van der Waals surface area contributed by atoms with E-state index in [2.05, 4.69) is 39.9 Å². The summed E-state index contributed by atoms with van der Waals surface area (Å²) in [5.41, 5.74) is 0. The second-order valence-corrected chi connectivity index (χ2v) is 7.59. The molecule has 1 aliphatic carbocycles. The van der Waals surface area contributed by atoms with Gasteiger partial charge in [0.2, 0.25) is 5.91 Å². The fraction of sp³-hybridized carbons (Fsp3) is 0.947. The van der Waals surface area contributed by atoms with Crippen LogP contribution in [0.3, 0.4) is 0 Å². The van der Waals surface area contributed by atoms with Crippen LogP contribution in [0.4, 0.5) is 0 Å². The molecule has 0 aromatic heterocycles. The Hall–Kier alpha value is -0.530. The molecule has 124 valence electrons. The number of hydrogen-bond donors (Lipinski definition) is 1. The molecule has 0 spiro atoms. The molecule has 1 fully saturated rings. The smallest absolute Gasteiger partial charge is 0.223 e. The lowest BCUT2D eigenvalue weighted by molar-refractivity contribution is -0.129. The van der Waals surface area contributed by atoms with Crippen molar-refractivity contribution >= 4 is 5.91 Å². The first-order chi connectivity index (χ1) is 9.99. The Morgan fingerprint density at radius 2 is 1.95 bits per heavy atom. The Kier molecular flexibility index (Phi) is 8.36. The fourth-order valence-electron chi connectivity index (χ4n) is 3.82. The zero-order valence-electron chi connectivity index (χ0n) is 15.0. The van der Waals surface area contributed by atoms with E-state index in [1.54, 1.807) is 0 Å². The molecule has 0 aromatic carbocycles. The molecule has 0 saturated heterocycles. The van der Waals surface area contributed by atoms with Crippen molar-refractivity contribution in [3.8, 4) is 0 Å². The SMILES string of the molecule is CCCCC(CC)CNC(=O)C1CC(C)CCC1C(C)C. The van der Waals surface area contributed by atoms with E-state index in [0.717, 1.165) is 13.0 Å². The molecule has 0 aromatic rings. The van der Waals surface area contributed by atoms with Crippen molar-refractivity contribution in [2.24, 2.45) is 29.6 Å². The molecule has 0 aliphatic heterocycles. The van der Waals surface area contributed by atoms with Crippen LogP contribution in [-0.2, 0) is 4.79 Å². The van der Waals surface area contributed by atoms with Gasteiger partial charge >= 0.3 is 0 Å². The highest BCUT2D eigenvalue weighted by Crippen LogP contribution is 2.38. The number of amides is 1. The maximum atomic E-state index is 12.6. The van der Waals surface area contributed by atoms with Crippen LogP contribution in [0.2, 0.25) is 0 Å². The van der Waals surface area contributed by atoms with Crippen LogP contribution in [0.1, 0.15) is 79.6 Å². The second-order valence-electron chi connectivity index (χ2n) is 7.59. The average molecular weight is 296 g/mol. The van der Waals surface area contributed by atoms with Crippen molar-refractivity contribution in [1.82, 2.24) is 5.32 Å². The van der Waals surface area contributed by atoms with Crippen LogP contribution in [0.15, 0.2) is 0 Å². The molecule has 0 radical (unpaired) electrons. The number of rotatable bonds is 8. The van der Waals surface area contributed by atoms with E-state index in [4.69, 9.17) is 0 Å². The van der Waals surface area contributed by atoms with Gasteiger partial charge in [0.25, 0.3) is 0 Å². The molecular weight excluding hydrogens is 258 g/mol. The molecule has 4 unspecified atom stereocenters. The van der Waals surface area contributed by atoms with Gasteiger partial charge in [0, 0.05) is 12.5 Å². The first kappa shape index (κ1) is 18.5. The van der Waals surface area contributed by atoms with Crippen LogP contribution in [0, 0.1) is 29.6 Å². The summed E-state index contributed by atoms with van der Waals surface area (Å²) in [6.45, 7) is 12.2. The number of nitrogens with one attached hydrogen (secondary N) is 1. The van der Waals surface area contributed by atoms with Gasteiger partial charge in [-0.25, -0.2) is 0 Å². The van der Waals surface area contributed by atoms with E-state index < -0.39 is 0 Å². The minimum absolute atomic E-state index is 0.248. The molecule has 21 heavy (non-hydrogen) atoms. The number of unbranched alkanes of at least 4 members (excludes halogenated alkanes) is 1. The Morgan fingerprint density at radius 3 is 2.52 bits per heavy atom. The quantitative estimate of drug-likeness (QED) is 0.668. The van der Waals surface area contributed by atoms with Gasteiger partial charge in [-0.2, -0.15) is 0 Å². The van der Waals surface area contributed by atoms with Gasteiger partial charge in [-0.15, -0.1) is 0 Å². The van der Waals surface area contributed by atoms with E-state index >= 15 is 0 Å². The van der Waals surface area contributed by atoms with Crippen LogP contribution >= 0.6 is 0 Å². The van der Waals surface area contributed by atoms with E-state index in [9.17, 15) is 4.79 Å². The molecule has 0 bridgehead atoms. The Morgan fingerprint density at radius 1 is 1.24 bits per heavy atom. The molecule has 1 aliphatic rings. The predicted octanol–water partition coefficient (Wildman–Crippen LogP) is 5.03. The summed E-state index contributed by atoms with van der Waals surface area (Å²) >= 11 is 0. The summed E-state index contributed by atoms with van der Waals surface area (Å²) in [7, 11) is 0. The molecule has 2 heteroatoms. The lowest BCUT2D eigenvalue weighted by Gasteiger charge is -2.36. The Labute approximate surface area is 132 Å². The first-order valence-electron chi connectivity index (χ1n) is 9.27. The van der Waals surface area contributed by atoms with Gasteiger partial charge in [0.1, 0.15) is 0 Å². The molecule has 1 rings (SSSR count). The van der Waals surface area contributed by atoms with Gasteiger partial charge in [0.15, 0.2) is 0 Å². The van der Waals surface area contributed by atoms with Crippen LogP contribution in [0.5, 0.6) is 0 Å². The number of carbonyl (C=O) groups is 1. The second kappa shape index (κ2) is 9.48. The molecule has 4 atom stereocenters. The lowest BCUT2D eigenvalue weighted by atomic mass is 9.70. The first-order valence-corrected chi connectivity index (χ1v) is 9.27. The van der Waals surface area contributed by atoms with E-state index in [0.29, 0.717) is 29.6 Å². The third kappa shape index (κ3) is 6.00. The standard InChI is InChI=1S/C19H37NO/c1-6-8-9-16(7-2)13-20-19(21)18-12-15(5)10-11-17(18)14(3)4/h14-18H,6-13H2,1-5H3,(H,20,21). The minimum Gasteiger partial charge on any atom is -0.356 e. The topological polar surface area (TPSA) is 29.1 Å². The largest absolute Gasteiger partial charge is 0.356 e. The molecule has 1 amide bonds. The van der Waals surface area contributed by atoms with Gasteiger partial charge in [0.05, 0.1) is 0 Å².